The summed E-state index contributed by atoms with van der Waals surface area (Å²) in [6.07, 6.45) is 8.50. The average molecular weight is 299 g/mol. The summed E-state index contributed by atoms with van der Waals surface area (Å²) in [5, 5.41) is 8.51. The molecular formula is C17H25N5. The van der Waals surface area contributed by atoms with Crippen molar-refractivity contribution in [3.63, 3.8) is 0 Å². The van der Waals surface area contributed by atoms with Gasteiger partial charge in [0.05, 0.1) is 11.7 Å². The summed E-state index contributed by atoms with van der Waals surface area (Å²) in [5.41, 5.74) is 4.84. The molecule has 1 aliphatic heterocycles. The van der Waals surface area contributed by atoms with Crippen molar-refractivity contribution in [2.24, 2.45) is 0 Å². The average Bonchev–Trinajstić information content (AvgIpc) is 2.96. The Labute approximate surface area is 131 Å². The molecule has 118 valence electrons. The fourth-order valence-corrected chi connectivity index (χ4v) is 3.88. The van der Waals surface area contributed by atoms with Crippen LogP contribution in [0, 0.1) is 0 Å². The van der Waals surface area contributed by atoms with E-state index < -0.39 is 0 Å². The Morgan fingerprint density at radius 2 is 2.05 bits per heavy atom. The number of anilines is 1. The second kappa shape index (κ2) is 5.54. The lowest BCUT2D eigenvalue weighted by atomic mass is 9.96. The maximum absolute atomic E-state index is 4.92. The zero-order chi connectivity index (χ0) is 15.1. The van der Waals surface area contributed by atoms with Gasteiger partial charge in [0.15, 0.2) is 5.65 Å². The minimum Gasteiger partial charge on any atom is -0.362 e. The normalized spacial score (nSPS) is 21.8. The van der Waals surface area contributed by atoms with E-state index in [4.69, 9.17) is 10.1 Å². The topological polar surface area (TPSA) is 45.5 Å². The number of piperidine rings is 1. The number of rotatable bonds is 2. The first-order chi connectivity index (χ1) is 10.7. The van der Waals surface area contributed by atoms with Gasteiger partial charge in [-0.3, -0.25) is 0 Å². The van der Waals surface area contributed by atoms with Gasteiger partial charge in [0.1, 0.15) is 5.82 Å². The molecule has 5 nitrogen and oxygen atoms in total. The van der Waals surface area contributed by atoms with Crippen LogP contribution in [0.3, 0.4) is 0 Å². The Kier molecular flexibility index (Phi) is 3.53. The van der Waals surface area contributed by atoms with Crippen molar-refractivity contribution in [3.05, 3.63) is 23.0 Å². The lowest BCUT2D eigenvalue weighted by Crippen LogP contribution is -2.27. The van der Waals surface area contributed by atoms with Crippen molar-refractivity contribution in [1.82, 2.24) is 19.9 Å². The smallest absolute Gasteiger partial charge is 0.157 e. The molecule has 0 spiro atoms. The van der Waals surface area contributed by atoms with Crippen LogP contribution in [0.15, 0.2) is 6.07 Å². The Hall–Kier alpha value is -1.62. The van der Waals surface area contributed by atoms with E-state index >= 15 is 0 Å². The number of aryl methyl sites for hydroxylation is 1. The molecule has 0 amide bonds. The maximum Gasteiger partial charge on any atom is 0.157 e. The van der Waals surface area contributed by atoms with E-state index in [1.165, 1.54) is 49.2 Å². The Morgan fingerprint density at radius 1 is 1.18 bits per heavy atom. The molecule has 0 bridgehead atoms. The molecule has 1 atom stereocenters. The van der Waals surface area contributed by atoms with Crippen LogP contribution in [0.25, 0.3) is 5.65 Å². The van der Waals surface area contributed by atoms with E-state index in [-0.39, 0.29) is 0 Å². The van der Waals surface area contributed by atoms with Gasteiger partial charge >= 0.3 is 0 Å². The van der Waals surface area contributed by atoms with Crippen LogP contribution in [-0.2, 0) is 12.8 Å². The highest BCUT2D eigenvalue weighted by molar-refractivity contribution is 5.58. The number of fused-ring (bicyclic) bond motifs is 2. The number of hydrogen-bond donors (Lipinski definition) is 1. The first-order valence-electron chi connectivity index (χ1n) is 8.56. The van der Waals surface area contributed by atoms with Gasteiger partial charge in [0, 0.05) is 31.4 Å². The second-order valence-corrected chi connectivity index (χ2v) is 6.80. The Balaban J connectivity index is 1.85. The zero-order valence-corrected chi connectivity index (χ0v) is 13.6. The van der Waals surface area contributed by atoms with E-state index in [0.717, 1.165) is 30.7 Å². The fraction of sp³-hybridized carbons (Fsp3) is 0.647. The van der Waals surface area contributed by atoms with E-state index in [0.29, 0.717) is 6.04 Å². The minimum atomic E-state index is 0.391. The van der Waals surface area contributed by atoms with Crippen molar-refractivity contribution in [2.75, 3.05) is 25.5 Å². The van der Waals surface area contributed by atoms with Crippen molar-refractivity contribution >= 4 is 11.5 Å². The van der Waals surface area contributed by atoms with Gasteiger partial charge in [-0.05, 0) is 45.1 Å². The summed E-state index contributed by atoms with van der Waals surface area (Å²) in [6.45, 7) is 1.10. The molecule has 1 unspecified atom stereocenters. The van der Waals surface area contributed by atoms with Crippen LogP contribution >= 0.6 is 0 Å². The van der Waals surface area contributed by atoms with Crippen molar-refractivity contribution in [2.45, 2.75) is 51.0 Å². The molecule has 3 heterocycles. The highest BCUT2D eigenvalue weighted by Crippen LogP contribution is 2.31. The van der Waals surface area contributed by atoms with Crippen LogP contribution < -0.4 is 10.2 Å². The monoisotopic (exact) mass is 299 g/mol. The van der Waals surface area contributed by atoms with Crippen LogP contribution in [0.1, 0.15) is 55.1 Å². The number of nitrogens with one attached hydrogen (secondary N) is 1. The first kappa shape index (κ1) is 14.0. The van der Waals surface area contributed by atoms with Gasteiger partial charge in [-0.15, -0.1) is 0 Å². The van der Waals surface area contributed by atoms with Crippen LogP contribution in [-0.4, -0.2) is 35.2 Å². The van der Waals surface area contributed by atoms with Gasteiger partial charge in [-0.2, -0.15) is 9.61 Å². The van der Waals surface area contributed by atoms with E-state index in [1.54, 1.807) is 0 Å². The van der Waals surface area contributed by atoms with Crippen LogP contribution in [0.5, 0.6) is 0 Å². The summed E-state index contributed by atoms with van der Waals surface area (Å²) < 4.78 is 2.07. The first-order valence-corrected chi connectivity index (χ1v) is 8.56. The summed E-state index contributed by atoms with van der Waals surface area (Å²) in [5.74, 6) is 1.22. The summed E-state index contributed by atoms with van der Waals surface area (Å²) in [6, 6.07) is 2.58. The molecule has 2 aromatic rings. The maximum atomic E-state index is 4.92. The molecule has 2 aromatic heterocycles. The van der Waals surface area contributed by atoms with E-state index in [2.05, 4.69) is 34.9 Å². The molecule has 5 heteroatoms. The van der Waals surface area contributed by atoms with Gasteiger partial charge in [0.25, 0.3) is 0 Å². The molecule has 1 N–H and O–H groups in total. The number of aromatic nitrogens is 3. The van der Waals surface area contributed by atoms with E-state index in [9.17, 15) is 0 Å². The summed E-state index contributed by atoms with van der Waals surface area (Å²) in [4.78, 5) is 7.12. The molecule has 1 saturated heterocycles. The molecule has 0 aromatic carbocycles. The van der Waals surface area contributed by atoms with Gasteiger partial charge < -0.3 is 10.2 Å². The van der Waals surface area contributed by atoms with Crippen molar-refractivity contribution in [1.29, 1.82) is 0 Å². The Morgan fingerprint density at radius 3 is 2.82 bits per heavy atom. The van der Waals surface area contributed by atoms with Gasteiger partial charge in [-0.25, -0.2) is 4.98 Å². The quantitative estimate of drug-likeness (QED) is 0.925. The molecule has 4 rings (SSSR count). The lowest BCUT2D eigenvalue weighted by molar-refractivity contribution is 0.404. The van der Waals surface area contributed by atoms with Gasteiger partial charge in [-0.1, -0.05) is 6.42 Å². The third-order valence-corrected chi connectivity index (χ3v) is 4.96. The molecule has 1 aliphatic carbocycles. The van der Waals surface area contributed by atoms with Gasteiger partial charge in [0.2, 0.25) is 0 Å². The van der Waals surface area contributed by atoms with E-state index in [1.807, 2.05) is 0 Å². The molecule has 0 saturated carbocycles. The minimum absolute atomic E-state index is 0.391. The molecule has 2 aliphatic rings. The third kappa shape index (κ3) is 2.28. The largest absolute Gasteiger partial charge is 0.362 e. The second-order valence-electron chi connectivity index (χ2n) is 6.80. The Bertz CT molecular complexity index is 682. The SMILES string of the molecule is CN(C)c1c2c(nc3cc(C4CCCCN4)nn13)CCCC2. The highest BCUT2D eigenvalue weighted by Gasteiger charge is 2.23. The molecular weight excluding hydrogens is 274 g/mol. The summed E-state index contributed by atoms with van der Waals surface area (Å²) >= 11 is 0. The molecule has 1 fully saturated rings. The van der Waals surface area contributed by atoms with Crippen molar-refractivity contribution in [3.8, 4) is 0 Å². The highest BCUT2D eigenvalue weighted by atomic mass is 15.3. The zero-order valence-electron chi connectivity index (χ0n) is 13.6. The number of hydrogen-bond acceptors (Lipinski definition) is 4. The summed E-state index contributed by atoms with van der Waals surface area (Å²) in [7, 11) is 4.23. The molecule has 0 radical (unpaired) electrons. The van der Waals surface area contributed by atoms with Crippen LogP contribution in [0.2, 0.25) is 0 Å². The fourth-order valence-electron chi connectivity index (χ4n) is 3.88. The predicted octanol–water partition coefficient (Wildman–Crippen LogP) is 2.49. The molecule has 22 heavy (non-hydrogen) atoms. The van der Waals surface area contributed by atoms with Crippen LogP contribution in [0.4, 0.5) is 5.82 Å². The van der Waals surface area contributed by atoms with Crippen molar-refractivity contribution < 1.29 is 0 Å². The number of nitrogens with zero attached hydrogens (tertiary/aromatic N) is 4. The standard InChI is InChI=1S/C17H25N5/c1-21(2)17-12-7-3-4-8-13(12)19-16-11-15(20-22(16)17)14-9-5-6-10-18-14/h11,14,18H,3-10H2,1-2H3. The predicted molar refractivity (Wildman–Crippen MR) is 88.6 cm³/mol. The lowest BCUT2D eigenvalue weighted by Gasteiger charge is -2.24. The third-order valence-electron chi connectivity index (χ3n) is 4.96.